The Balaban J connectivity index is 1.35. The molecule has 0 spiro atoms. The van der Waals surface area contributed by atoms with Gasteiger partial charge in [-0.3, -0.25) is 4.57 Å². The Morgan fingerprint density at radius 2 is 1.33 bits per heavy atom. The molecule has 4 heteroatoms. The molecule has 36 heavy (non-hydrogen) atoms. The van der Waals surface area contributed by atoms with E-state index in [1.165, 1.54) is 29.5 Å². The fourth-order valence-corrected chi connectivity index (χ4v) is 5.53. The average Bonchev–Trinajstić information content (AvgIpc) is 3.55. The Hall–Kier alpha value is -4.44. The summed E-state index contributed by atoms with van der Waals surface area (Å²) in [7, 11) is 0. The molecular formula is C32H26N4. The molecule has 0 atom stereocenters. The first-order valence-electron chi connectivity index (χ1n) is 12.7. The van der Waals surface area contributed by atoms with Crippen LogP contribution in [0.3, 0.4) is 0 Å². The lowest BCUT2D eigenvalue weighted by Gasteiger charge is -2.16. The van der Waals surface area contributed by atoms with Crippen LogP contribution in [0.5, 0.6) is 0 Å². The SMILES string of the molecule is c1ccc(-c2cc(-c3ccccc3)n(-c3ccc(-n4c5c(c6cccnc64)CCCC5)cc3)n2)cc1. The Morgan fingerprint density at radius 3 is 2.11 bits per heavy atom. The van der Waals surface area contributed by atoms with Gasteiger partial charge >= 0.3 is 0 Å². The molecule has 1 aliphatic carbocycles. The van der Waals surface area contributed by atoms with Gasteiger partial charge in [0.1, 0.15) is 5.65 Å². The normalized spacial score (nSPS) is 13.1. The van der Waals surface area contributed by atoms with Gasteiger partial charge in [-0.25, -0.2) is 9.67 Å². The zero-order chi connectivity index (χ0) is 23.9. The maximum Gasteiger partial charge on any atom is 0.144 e. The number of aryl methyl sites for hydroxylation is 1. The number of aromatic nitrogens is 4. The third-order valence-electron chi connectivity index (χ3n) is 7.23. The quantitative estimate of drug-likeness (QED) is 0.271. The lowest BCUT2D eigenvalue weighted by Crippen LogP contribution is -2.07. The van der Waals surface area contributed by atoms with Crippen LogP contribution in [0.2, 0.25) is 0 Å². The summed E-state index contributed by atoms with van der Waals surface area (Å²) in [5, 5.41) is 6.33. The van der Waals surface area contributed by atoms with Crippen LogP contribution in [-0.2, 0) is 12.8 Å². The van der Waals surface area contributed by atoms with Crippen LogP contribution in [0.1, 0.15) is 24.1 Å². The Labute approximate surface area is 210 Å². The molecule has 0 bridgehead atoms. The van der Waals surface area contributed by atoms with Crippen molar-refractivity contribution >= 4 is 11.0 Å². The molecule has 174 valence electrons. The smallest absolute Gasteiger partial charge is 0.144 e. The van der Waals surface area contributed by atoms with Gasteiger partial charge < -0.3 is 0 Å². The second-order valence-corrected chi connectivity index (χ2v) is 9.42. The number of hydrogen-bond acceptors (Lipinski definition) is 2. The van der Waals surface area contributed by atoms with Crippen LogP contribution in [0.4, 0.5) is 0 Å². The minimum absolute atomic E-state index is 0.966. The summed E-state index contributed by atoms with van der Waals surface area (Å²) < 4.78 is 4.42. The molecule has 0 N–H and O–H groups in total. The van der Waals surface area contributed by atoms with Crippen molar-refractivity contribution in [3.63, 3.8) is 0 Å². The molecule has 0 saturated carbocycles. The lowest BCUT2D eigenvalue weighted by molar-refractivity contribution is 0.666. The molecule has 0 fully saturated rings. The Morgan fingerprint density at radius 1 is 0.639 bits per heavy atom. The van der Waals surface area contributed by atoms with Crippen molar-refractivity contribution in [1.82, 2.24) is 19.3 Å². The summed E-state index contributed by atoms with van der Waals surface area (Å²) in [6.07, 6.45) is 6.63. The highest BCUT2D eigenvalue weighted by molar-refractivity contribution is 5.84. The Kier molecular flexibility index (Phi) is 5.02. The summed E-state index contributed by atoms with van der Waals surface area (Å²) in [5.74, 6) is 0. The number of fused-ring (bicyclic) bond motifs is 3. The van der Waals surface area contributed by atoms with Crippen molar-refractivity contribution < 1.29 is 0 Å². The summed E-state index contributed by atoms with van der Waals surface area (Å²) in [5.41, 5.74) is 10.4. The van der Waals surface area contributed by atoms with Gasteiger partial charge in [0.15, 0.2) is 0 Å². The Bertz CT molecular complexity index is 1660. The molecular weight excluding hydrogens is 440 g/mol. The molecule has 3 aromatic heterocycles. The summed E-state index contributed by atoms with van der Waals surface area (Å²) in [6, 6.07) is 36.1. The van der Waals surface area contributed by atoms with Gasteiger partial charge in [-0.15, -0.1) is 0 Å². The monoisotopic (exact) mass is 466 g/mol. The molecule has 4 nitrogen and oxygen atoms in total. The highest BCUT2D eigenvalue weighted by Gasteiger charge is 2.21. The molecule has 7 rings (SSSR count). The first kappa shape index (κ1) is 20.9. The highest BCUT2D eigenvalue weighted by atomic mass is 15.3. The van der Waals surface area contributed by atoms with E-state index in [4.69, 9.17) is 10.1 Å². The molecule has 0 radical (unpaired) electrons. The van der Waals surface area contributed by atoms with E-state index in [-0.39, 0.29) is 0 Å². The molecule has 0 saturated heterocycles. The van der Waals surface area contributed by atoms with E-state index in [1.807, 2.05) is 18.3 Å². The minimum Gasteiger partial charge on any atom is -0.298 e. The minimum atomic E-state index is 0.966. The molecule has 1 aliphatic rings. The predicted molar refractivity (Wildman–Crippen MR) is 146 cm³/mol. The van der Waals surface area contributed by atoms with Gasteiger partial charge in [0, 0.05) is 34.1 Å². The van der Waals surface area contributed by atoms with E-state index in [1.54, 1.807) is 0 Å². The van der Waals surface area contributed by atoms with E-state index in [0.717, 1.165) is 52.4 Å². The fourth-order valence-electron chi connectivity index (χ4n) is 5.53. The van der Waals surface area contributed by atoms with Gasteiger partial charge in [0.05, 0.1) is 17.1 Å². The van der Waals surface area contributed by atoms with E-state index in [0.29, 0.717) is 0 Å². The first-order chi connectivity index (χ1) is 17.9. The number of rotatable bonds is 4. The van der Waals surface area contributed by atoms with Gasteiger partial charge in [-0.1, -0.05) is 60.7 Å². The van der Waals surface area contributed by atoms with E-state index in [2.05, 4.69) is 100 Å². The average molecular weight is 467 g/mol. The van der Waals surface area contributed by atoms with Crippen molar-refractivity contribution in [2.45, 2.75) is 25.7 Å². The molecule has 0 aliphatic heterocycles. The maximum absolute atomic E-state index is 5.04. The number of hydrogen-bond donors (Lipinski definition) is 0. The predicted octanol–water partition coefficient (Wildman–Crippen LogP) is 7.42. The first-order valence-corrected chi connectivity index (χ1v) is 12.7. The van der Waals surface area contributed by atoms with Crippen LogP contribution < -0.4 is 0 Å². The second-order valence-electron chi connectivity index (χ2n) is 9.42. The van der Waals surface area contributed by atoms with E-state index in [9.17, 15) is 0 Å². The summed E-state index contributed by atoms with van der Waals surface area (Å²) >= 11 is 0. The standard InChI is InChI=1S/C32H26N4/c1-3-10-23(11-4-1)29-22-31(24-12-5-2-6-13-24)36(34-29)26-19-17-25(18-20-26)35-30-16-8-7-14-27(30)28-15-9-21-33-32(28)35/h1-6,9-13,15,17-22H,7-8,14,16H2. The van der Waals surface area contributed by atoms with Gasteiger partial charge in [0.2, 0.25) is 0 Å². The third kappa shape index (κ3) is 3.45. The maximum atomic E-state index is 5.04. The number of nitrogens with zero attached hydrogens (tertiary/aromatic N) is 4. The van der Waals surface area contributed by atoms with Crippen LogP contribution >= 0.6 is 0 Å². The molecule has 0 amide bonds. The topological polar surface area (TPSA) is 35.6 Å². The third-order valence-corrected chi connectivity index (χ3v) is 7.23. The van der Waals surface area contributed by atoms with Crippen LogP contribution in [0, 0.1) is 0 Å². The largest absolute Gasteiger partial charge is 0.298 e. The molecule has 3 heterocycles. The molecule has 6 aromatic rings. The molecule has 0 unspecified atom stereocenters. The lowest BCUT2D eigenvalue weighted by atomic mass is 9.96. The number of pyridine rings is 1. The van der Waals surface area contributed by atoms with Crippen LogP contribution in [-0.4, -0.2) is 19.3 Å². The van der Waals surface area contributed by atoms with Crippen molar-refractivity contribution in [3.05, 3.63) is 121 Å². The van der Waals surface area contributed by atoms with Crippen molar-refractivity contribution in [1.29, 1.82) is 0 Å². The zero-order valence-electron chi connectivity index (χ0n) is 20.0. The van der Waals surface area contributed by atoms with Gasteiger partial charge in [0.25, 0.3) is 0 Å². The summed E-state index contributed by atoms with van der Waals surface area (Å²) in [4.78, 5) is 4.78. The zero-order valence-corrected chi connectivity index (χ0v) is 20.0. The highest BCUT2D eigenvalue weighted by Crippen LogP contribution is 2.34. The van der Waals surface area contributed by atoms with E-state index >= 15 is 0 Å². The fraction of sp³-hybridized carbons (Fsp3) is 0.125. The van der Waals surface area contributed by atoms with Crippen LogP contribution in [0.15, 0.2) is 109 Å². The van der Waals surface area contributed by atoms with Crippen molar-refractivity contribution in [2.75, 3.05) is 0 Å². The second kappa shape index (κ2) is 8.65. The van der Waals surface area contributed by atoms with E-state index < -0.39 is 0 Å². The van der Waals surface area contributed by atoms with Gasteiger partial charge in [-0.2, -0.15) is 5.10 Å². The molecule has 3 aromatic carbocycles. The van der Waals surface area contributed by atoms with Crippen molar-refractivity contribution in [3.8, 4) is 33.9 Å². The summed E-state index contributed by atoms with van der Waals surface area (Å²) in [6.45, 7) is 0. The van der Waals surface area contributed by atoms with Crippen LogP contribution in [0.25, 0.3) is 44.9 Å². The van der Waals surface area contributed by atoms with Crippen molar-refractivity contribution in [2.24, 2.45) is 0 Å². The van der Waals surface area contributed by atoms with Gasteiger partial charge in [-0.05, 0) is 73.7 Å². The number of benzene rings is 3.